The molecule has 2 heterocycles. The lowest BCUT2D eigenvalue weighted by atomic mass is 10.1. The van der Waals surface area contributed by atoms with E-state index in [-0.39, 0.29) is 11.8 Å². The maximum atomic E-state index is 12.6. The van der Waals surface area contributed by atoms with Crippen molar-refractivity contribution in [2.75, 3.05) is 16.9 Å². The smallest absolute Gasteiger partial charge is 0.255 e. The highest BCUT2D eigenvalue weighted by Crippen LogP contribution is 2.24. The topological polar surface area (TPSA) is 62.3 Å². The van der Waals surface area contributed by atoms with Gasteiger partial charge in [-0.05, 0) is 36.8 Å². The van der Waals surface area contributed by atoms with Crippen LogP contribution in [0.25, 0.3) is 0 Å². The maximum absolute atomic E-state index is 12.6. The number of hydrogen-bond acceptors (Lipinski definition) is 4. The lowest BCUT2D eigenvalue weighted by molar-refractivity contribution is -0.119. The van der Waals surface area contributed by atoms with Gasteiger partial charge in [0.25, 0.3) is 5.91 Å². The molecule has 2 amide bonds. The summed E-state index contributed by atoms with van der Waals surface area (Å²) in [6.07, 6.45) is 1.65. The Kier molecular flexibility index (Phi) is 4.62. The molecule has 1 N–H and O–H groups in total. The predicted molar refractivity (Wildman–Crippen MR) is 91.3 cm³/mol. The van der Waals surface area contributed by atoms with E-state index >= 15 is 0 Å². The first-order valence-corrected chi connectivity index (χ1v) is 8.48. The van der Waals surface area contributed by atoms with Gasteiger partial charge >= 0.3 is 0 Å². The van der Waals surface area contributed by atoms with E-state index in [1.165, 1.54) is 0 Å². The summed E-state index contributed by atoms with van der Waals surface area (Å²) in [6, 6.07) is 12.2. The number of carbonyl (C=O) groups excluding carboxylic acids is 2. The second kappa shape index (κ2) is 6.83. The van der Waals surface area contributed by atoms with Gasteiger partial charge in [-0.25, -0.2) is 4.98 Å². The fourth-order valence-electron chi connectivity index (χ4n) is 2.42. The molecule has 23 heavy (non-hydrogen) atoms. The molecule has 6 heteroatoms. The molecule has 1 unspecified atom stereocenters. The SMILES string of the molecule is Cc1ccnc(NC(=O)C2CSCN2C(=O)c2ccccc2)c1. The minimum atomic E-state index is -0.477. The Morgan fingerprint density at radius 2 is 2.04 bits per heavy atom. The molecule has 1 saturated heterocycles. The maximum Gasteiger partial charge on any atom is 0.255 e. The largest absolute Gasteiger partial charge is 0.317 e. The van der Waals surface area contributed by atoms with E-state index in [9.17, 15) is 9.59 Å². The molecular weight excluding hydrogens is 310 g/mol. The van der Waals surface area contributed by atoms with Crippen molar-refractivity contribution in [2.45, 2.75) is 13.0 Å². The van der Waals surface area contributed by atoms with Crippen molar-refractivity contribution < 1.29 is 9.59 Å². The van der Waals surface area contributed by atoms with E-state index in [1.54, 1.807) is 35.0 Å². The molecule has 0 bridgehead atoms. The molecule has 1 fully saturated rings. The Balaban J connectivity index is 1.73. The quantitative estimate of drug-likeness (QED) is 0.941. The second-order valence-electron chi connectivity index (χ2n) is 5.36. The summed E-state index contributed by atoms with van der Waals surface area (Å²) in [6.45, 7) is 1.94. The van der Waals surface area contributed by atoms with Gasteiger partial charge in [0.2, 0.25) is 5.91 Å². The Labute approximate surface area is 139 Å². The molecule has 5 nitrogen and oxygen atoms in total. The molecule has 1 aromatic heterocycles. The van der Waals surface area contributed by atoms with E-state index < -0.39 is 6.04 Å². The van der Waals surface area contributed by atoms with E-state index in [2.05, 4.69) is 10.3 Å². The van der Waals surface area contributed by atoms with Crippen molar-refractivity contribution in [3.63, 3.8) is 0 Å². The van der Waals surface area contributed by atoms with Crippen molar-refractivity contribution in [2.24, 2.45) is 0 Å². The molecule has 0 radical (unpaired) electrons. The van der Waals surface area contributed by atoms with Crippen LogP contribution in [0.4, 0.5) is 5.82 Å². The third-order valence-corrected chi connectivity index (χ3v) is 4.65. The Bertz CT molecular complexity index is 721. The number of aryl methyl sites for hydroxylation is 1. The average Bonchev–Trinajstić information content (AvgIpc) is 3.05. The summed E-state index contributed by atoms with van der Waals surface area (Å²) >= 11 is 1.58. The van der Waals surface area contributed by atoms with E-state index in [4.69, 9.17) is 0 Å². The van der Waals surface area contributed by atoms with Crippen LogP contribution in [0, 0.1) is 6.92 Å². The van der Waals surface area contributed by atoms with Crippen LogP contribution in [-0.4, -0.2) is 39.4 Å². The van der Waals surface area contributed by atoms with Crippen molar-refractivity contribution in [3.8, 4) is 0 Å². The lowest BCUT2D eigenvalue weighted by Gasteiger charge is -2.23. The van der Waals surface area contributed by atoms with Gasteiger partial charge in [-0.3, -0.25) is 9.59 Å². The van der Waals surface area contributed by atoms with Gasteiger partial charge in [-0.2, -0.15) is 0 Å². The van der Waals surface area contributed by atoms with Gasteiger partial charge in [0.05, 0.1) is 5.88 Å². The predicted octanol–water partition coefficient (Wildman–Crippen LogP) is 2.54. The van der Waals surface area contributed by atoms with Gasteiger partial charge in [0.1, 0.15) is 11.9 Å². The van der Waals surface area contributed by atoms with Crippen LogP contribution in [0.2, 0.25) is 0 Å². The molecule has 0 spiro atoms. The number of aromatic nitrogens is 1. The first kappa shape index (κ1) is 15.6. The summed E-state index contributed by atoms with van der Waals surface area (Å²) in [7, 11) is 0. The van der Waals surface area contributed by atoms with E-state index in [1.807, 2.05) is 37.3 Å². The number of thioether (sulfide) groups is 1. The average molecular weight is 327 g/mol. The van der Waals surface area contributed by atoms with Crippen molar-refractivity contribution in [1.82, 2.24) is 9.88 Å². The summed E-state index contributed by atoms with van der Waals surface area (Å²) < 4.78 is 0. The van der Waals surface area contributed by atoms with Crippen molar-refractivity contribution in [1.29, 1.82) is 0 Å². The van der Waals surface area contributed by atoms with Crippen molar-refractivity contribution in [3.05, 3.63) is 59.8 Å². The molecular formula is C17H17N3O2S. The number of nitrogens with one attached hydrogen (secondary N) is 1. The van der Waals surface area contributed by atoms with Crippen LogP contribution >= 0.6 is 11.8 Å². The zero-order valence-corrected chi connectivity index (χ0v) is 13.5. The highest BCUT2D eigenvalue weighted by atomic mass is 32.2. The lowest BCUT2D eigenvalue weighted by Crippen LogP contribution is -2.44. The molecule has 1 aliphatic heterocycles. The van der Waals surface area contributed by atoms with Gasteiger partial charge in [0.15, 0.2) is 0 Å². The minimum absolute atomic E-state index is 0.118. The van der Waals surface area contributed by atoms with Crippen molar-refractivity contribution >= 4 is 29.4 Å². The number of amides is 2. The molecule has 2 aromatic rings. The normalized spacial score (nSPS) is 17.1. The zero-order chi connectivity index (χ0) is 16.2. The van der Waals surface area contributed by atoms with Crippen LogP contribution in [0.15, 0.2) is 48.7 Å². The highest BCUT2D eigenvalue weighted by Gasteiger charge is 2.35. The molecule has 1 aromatic carbocycles. The first-order chi connectivity index (χ1) is 11.1. The van der Waals surface area contributed by atoms with Crippen LogP contribution < -0.4 is 5.32 Å². The number of anilines is 1. The summed E-state index contributed by atoms with van der Waals surface area (Å²) in [4.78, 5) is 30.9. The third-order valence-electron chi connectivity index (χ3n) is 3.63. The van der Waals surface area contributed by atoms with Gasteiger partial charge in [-0.1, -0.05) is 18.2 Å². The number of benzene rings is 1. The molecule has 3 rings (SSSR count). The number of hydrogen-bond donors (Lipinski definition) is 1. The fourth-order valence-corrected chi connectivity index (χ4v) is 3.57. The Hall–Kier alpha value is -2.34. The van der Waals surface area contributed by atoms with Gasteiger partial charge < -0.3 is 10.2 Å². The summed E-state index contributed by atoms with van der Waals surface area (Å²) in [5.74, 6) is 1.31. The van der Waals surface area contributed by atoms with Gasteiger partial charge in [-0.15, -0.1) is 11.8 Å². The number of pyridine rings is 1. The highest BCUT2D eigenvalue weighted by molar-refractivity contribution is 7.99. The molecule has 1 aliphatic rings. The second-order valence-corrected chi connectivity index (χ2v) is 6.36. The van der Waals surface area contributed by atoms with E-state index in [0.29, 0.717) is 23.0 Å². The number of nitrogens with zero attached hydrogens (tertiary/aromatic N) is 2. The monoisotopic (exact) mass is 327 g/mol. The zero-order valence-electron chi connectivity index (χ0n) is 12.7. The molecule has 0 aliphatic carbocycles. The summed E-state index contributed by atoms with van der Waals surface area (Å²) in [5, 5.41) is 2.80. The van der Waals surface area contributed by atoms with Crippen LogP contribution in [0.1, 0.15) is 15.9 Å². The van der Waals surface area contributed by atoms with Crippen LogP contribution in [-0.2, 0) is 4.79 Å². The molecule has 1 atom stereocenters. The minimum Gasteiger partial charge on any atom is -0.317 e. The fraction of sp³-hybridized carbons (Fsp3) is 0.235. The summed E-state index contributed by atoms with van der Waals surface area (Å²) in [5.41, 5.74) is 1.62. The van der Waals surface area contributed by atoms with Crippen LogP contribution in [0.3, 0.4) is 0 Å². The molecule has 118 valence electrons. The van der Waals surface area contributed by atoms with Gasteiger partial charge in [0, 0.05) is 17.5 Å². The standard InChI is InChI=1S/C17H17N3O2S/c1-12-7-8-18-15(9-12)19-16(21)14-10-23-11-20(14)17(22)13-5-3-2-4-6-13/h2-9,14H,10-11H2,1H3,(H,18,19,21). The Morgan fingerprint density at radius 3 is 2.78 bits per heavy atom. The number of rotatable bonds is 3. The third kappa shape index (κ3) is 3.53. The van der Waals surface area contributed by atoms with E-state index in [0.717, 1.165) is 5.56 Å². The Morgan fingerprint density at radius 1 is 1.26 bits per heavy atom. The first-order valence-electron chi connectivity index (χ1n) is 7.32. The molecule has 0 saturated carbocycles. The number of carbonyl (C=O) groups is 2. The van der Waals surface area contributed by atoms with Crippen LogP contribution in [0.5, 0.6) is 0 Å².